The summed E-state index contributed by atoms with van der Waals surface area (Å²) >= 11 is 0. The van der Waals surface area contributed by atoms with Gasteiger partial charge in [-0.05, 0) is 23.8 Å². The molecule has 0 amide bonds. The number of aromatic nitrogens is 2. The summed E-state index contributed by atoms with van der Waals surface area (Å²) in [7, 11) is 0. The van der Waals surface area contributed by atoms with Gasteiger partial charge in [-0.25, -0.2) is 9.97 Å². The highest BCUT2D eigenvalue weighted by atomic mass is 15.2. The van der Waals surface area contributed by atoms with E-state index in [-0.39, 0.29) is 0 Å². The summed E-state index contributed by atoms with van der Waals surface area (Å²) in [5.41, 5.74) is 1.70. The van der Waals surface area contributed by atoms with Crippen molar-refractivity contribution in [3.8, 4) is 0 Å². The maximum Gasteiger partial charge on any atom is 0.131 e. The van der Waals surface area contributed by atoms with Crippen molar-refractivity contribution in [2.45, 2.75) is 46.2 Å². The van der Waals surface area contributed by atoms with Crippen molar-refractivity contribution in [3.63, 3.8) is 0 Å². The topological polar surface area (TPSA) is 53.1 Å². The van der Waals surface area contributed by atoms with Crippen LogP contribution in [-0.2, 0) is 6.54 Å². The van der Waals surface area contributed by atoms with Gasteiger partial charge in [0.2, 0.25) is 0 Å². The van der Waals surface area contributed by atoms with E-state index < -0.39 is 0 Å². The van der Waals surface area contributed by atoms with Crippen molar-refractivity contribution >= 4 is 11.6 Å². The van der Waals surface area contributed by atoms with E-state index in [0.29, 0.717) is 11.5 Å². The number of nitrogens with zero attached hydrogens (tertiary/aromatic N) is 3. The van der Waals surface area contributed by atoms with E-state index in [1.807, 2.05) is 6.07 Å². The number of benzene rings is 1. The lowest BCUT2D eigenvalue weighted by atomic mass is 9.92. The van der Waals surface area contributed by atoms with Crippen LogP contribution in [0.5, 0.6) is 0 Å². The molecule has 1 fully saturated rings. The summed E-state index contributed by atoms with van der Waals surface area (Å²) in [4.78, 5) is 11.2. The Hall–Kier alpha value is -2.14. The Morgan fingerprint density at radius 1 is 1.12 bits per heavy atom. The average molecular weight is 354 g/mol. The van der Waals surface area contributed by atoms with Gasteiger partial charge in [0.1, 0.15) is 18.0 Å². The second-order valence-electron chi connectivity index (χ2n) is 8.38. The standard InChI is InChI=1S/C21H31N5/c1-21(2,3)10-11-22-19-13-20(24-16-23-19)25-18-9-12-26(15-18)14-17-7-5-4-6-8-17/h4-8,13,16,18H,9-12,14-15H2,1-3H3,(H2,22,23,24,25)/t18-/m1/s1. The second kappa shape index (κ2) is 8.49. The average Bonchev–Trinajstić information content (AvgIpc) is 3.02. The maximum atomic E-state index is 4.39. The summed E-state index contributed by atoms with van der Waals surface area (Å²) in [5.74, 6) is 1.80. The fourth-order valence-corrected chi connectivity index (χ4v) is 3.24. The van der Waals surface area contributed by atoms with E-state index in [0.717, 1.165) is 50.7 Å². The van der Waals surface area contributed by atoms with Crippen LogP contribution < -0.4 is 10.6 Å². The largest absolute Gasteiger partial charge is 0.370 e. The van der Waals surface area contributed by atoms with Gasteiger partial charge >= 0.3 is 0 Å². The number of rotatable bonds is 7. The Morgan fingerprint density at radius 2 is 1.88 bits per heavy atom. The zero-order chi connectivity index (χ0) is 18.4. The summed E-state index contributed by atoms with van der Waals surface area (Å²) in [5, 5.41) is 6.98. The minimum atomic E-state index is 0.327. The third kappa shape index (κ3) is 5.99. The Kier molecular flexibility index (Phi) is 6.09. The van der Waals surface area contributed by atoms with Gasteiger partial charge in [0.25, 0.3) is 0 Å². The molecule has 0 aliphatic carbocycles. The molecule has 26 heavy (non-hydrogen) atoms. The van der Waals surface area contributed by atoms with Crippen molar-refractivity contribution in [1.29, 1.82) is 0 Å². The monoisotopic (exact) mass is 353 g/mol. The molecule has 1 aromatic heterocycles. The van der Waals surface area contributed by atoms with Crippen molar-refractivity contribution in [1.82, 2.24) is 14.9 Å². The van der Waals surface area contributed by atoms with Gasteiger partial charge in [0.15, 0.2) is 0 Å². The van der Waals surface area contributed by atoms with Gasteiger partial charge in [-0.2, -0.15) is 0 Å². The highest BCUT2D eigenvalue weighted by Crippen LogP contribution is 2.20. The van der Waals surface area contributed by atoms with Crippen LogP contribution in [0.25, 0.3) is 0 Å². The number of hydrogen-bond donors (Lipinski definition) is 2. The number of likely N-dealkylation sites (tertiary alicyclic amines) is 1. The molecular formula is C21H31N5. The van der Waals surface area contributed by atoms with Crippen molar-refractivity contribution in [3.05, 3.63) is 48.3 Å². The summed E-state index contributed by atoms with van der Waals surface area (Å²) in [6.45, 7) is 10.9. The lowest BCUT2D eigenvalue weighted by Gasteiger charge is -2.19. The number of hydrogen-bond acceptors (Lipinski definition) is 5. The quantitative estimate of drug-likeness (QED) is 0.788. The van der Waals surface area contributed by atoms with Crippen LogP contribution in [0, 0.1) is 5.41 Å². The molecule has 0 saturated carbocycles. The van der Waals surface area contributed by atoms with Crippen molar-refractivity contribution in [2.75, 3.05) is 30.3 Å². The molecule has 2 heterocycles. The van der Waals surface area contributed by atoms with Crippen LogP contribution in [0.4, 0.5) is 11.6 Å². The third-order valence-electron chi connectivity index (χ3n) is 4.72. The van der Waals surface area contributed by atoms with E-state index in [1.165, 1.54) is 5.56 Å². The zero-order valence-electron chi connectivity index (χ0n) is 16.2. The SMILES string of the molecule is CC(C)(C)CCNc1cc(N[C@@H]2CCN(Cc3ccccc3)C2)ncn1. The molecule has 0 spiro atoms. The van der Waals surface area contributed by atoms with E-state index in [1.54, 1.807) is 6.33 Å². The molecule has 5 nitrogen and oxygen atoms in total. The lowest BCUT2D eigenvalue weighted by Crippen LogP contribution is -2.26. The van der Waals surface area contributed by atoms with Crippen LogP contribution in [0.1, 0.15) is 39.2 Å². The van der Waals surface area contributed by atoms with E-state index >= 15 is 0 Å². The molecule has 1 aliphatic rings. The summed E-state index contributed by atoms with van der Waals surface area (Å²) in [6, 6.07) is 13.1. The molecular weight excluding hydrogens is 322 g/mol. The fourth-order valence-electron chi connectivity index (χ4n) is 3.24. The minimum absolute atomic E-state index is 0.327. The first-order valence-corrected chi connectivity index (χ1v) is 9.57. The van der Waals surface area contributed by atoms with E-state index in [2.05, 4.69) is 76.6 Å². The van der Waals surface area contributed by atoms with Gasteiger partial charge in [0, 0.05) is 38.3 Å². The molecule has 2 aromatic rings. The predicted octanol–water partition coefficient (Wildman–Crippen LogP) is 4.01. The van der Waals surface area contributed by atoms with Crippen molar-refractivity contribution < 1.29 is 0 Å². The smallest absolute Gasteiger partial charge is 0.131 e. The van der Waals surface area contributed by atoms with E-state index in [4.69, 9.17) is 0 Å². The Bertz CT molecular complexity index is 680. The van der Waals surface area contributed by atoms with Crippen molar-refractivity contribution in [2.24, 2.45) is 5.41 Å². The number of nitrogens with one attached hydrogen (secondary N) is 2. The molecule has 1 aliphatic heterocycles. The highest BCUT2D eigenvalue weighted by molar-refractivity contribution is 5.47. The van der Waals surface area contributed by atoms with Gasteiger partial charge in [-0.3, -0.25) is 4.90 Å². The van der Waals surface area contributed by atoms with Crippen LogP contribution in [0.2, 0.25) is 0 Å². The number of anilines is 2. The Morgan fingerprint density at radius 3 is 2.65 bits per heavy atom. The Balaban J connectivity index is 1.48. The predicted molar refractivity (Wildman–Crippen MR) is 108 cm³/mol. The van der Waals surface area contributed by atoms with Gasteiger partial charge in [-0.15, -0.1) is 0 Å². The van der Waals surface area contributed by atoms with Crippen LogP contribution in [-0.4, -0.2) is 40.5 Å². The first-order valence-electron chi connectivity index (χ1n) is 9.57. The molecule has 2 N–H and O–H groups in total. The van der Waals surface area contributed by atoms with Crippen LogP contribution in [0.3, 0.4) is 0 Å². The van der Waals surface area contributed by atoms with Crippen LogP contribution >= 0.6 is 0 Å². The summed E-state index contributed by atoms with van der Waals surface area (Å²) < 4.78 is 0. The highest BCUT2D eigenvalue weighted by Gasteiger charge is 2.22. The van der Waals surface area contributed by atoms with E-state index in [9.17, 15) is 0 Å². The second-order valence-corrected chi connectivity index (χ2v) is 8.38. The van der Waals surface area contributed by atoms with Gasteiger partial charge in [0.05, 0.1) is 0 Å². The fraction of sp³-hybridized carbons (Fsp3) is 0.524. The minimum Gasteiger partial charge on any atom is -0.370 e. The summed E-state index contributed by atoms with van der Waals surface area (Å²) in [6.07, 6.45) is 3.89. The normalized spacial score (nSPS) is 18.0. The molecule has 0 bridgehead atoms. The first kappa shape index (κ1) is 18.6. The maximum absolute atomic E-state index is 4.39. The van der Waals surface area contributed by atoms with Gasteiger partial charge < -0.3 is 10.6 Å². The molecule has 1 saturated heterocycles. The molecule has 1 aromatic carbocycles. The molecule has 5 heteroatoms. The first-order chi connectivity index (χ1) is 12.5. The van der Waals surface area contributed by atoms with Gasteiger partial charge in [-0.1, -0.05) is 51.1 Å². The lowest BCUT2D eigenvalue weighted by molar-refractivity contribution is 0.328. The molecule has 3 rings (SSSR count). The van der Waals surface area contributed by atoms with Crippen LogP contribution in [0.15, 0.2) is 42.7 Å². The molecule has 140 valence electrons. The Labute approximate surface area is 157 Å². The molecule has 1 atom stereocenters. The molecule has 0 radical (unpaired) electrons. The zero-order valence-corrected chi connectivity index (χ0v) is 16.2. The molecule has 0 unspecified atom stereocenters. The third-order valence-corrected chi connectivity index (χ3v) is 4.72.